The van der Waals surface area contributed by atoms with Gasteiger partial charge < -0.3 is 15.0 Å². The number of hydrogen-bond acceptors (Lipinski definition) is 6. The monoisotopic (exact) mass is 420 g/mol. The molecule has 8 nitrogen and oxygen atoms in total. The molecule has 2 fully saturated rings. The summed E-state index contributed by atoms with van der Waals surface area (Å²) in [5.41, 5.74) is 1.64. The minimum atomic E-state index is 0.102. The molecular formula is C23H28N6O2. The Kier molecular flexibility index (Phi) is 5.44. The first-order valence-corrected chi connectivity index (χ1v) is 11.1. The average molecular weight is 421 g/mol. The van der Waals surface area contributed by atoms with Crippen LogP contribution in [0.4, 0.5) is 5.82 Å². The smallest absolute Gasteiger partial charge is 0.223 e. The second-order valence-electron chi connectivity index (χ2n) is 8.46. The molecule has 1 saturated carbocycles. The number of anilines is 1. The number of ether oxygens (including phenoxy) is 1. The fourth-order valence-electron chi connectivity index (χ4n) is 4.63. The zero-order valence-corrected chi connectivity index (χ0v) is 17.8. The highest BCUT2D eigenvalue weighted by Crippen LogP contribution is 2.26. The maximum Gasteiger partial charge on any atom is 0.223 e. The average Bonchev–Trinajstić information content (AvgIpc) is 3.48. The molecule has 0 radical (unpaired) electrons. The number of hydrogen-bond donors (Lipinski definition) is 1. The van der Waals surface area contributed by atoms with E-state index in [0.717, 1.165) is 55.9 Å². The highest BCUT2D eigenvalue weighted by atomic mass is 16.5. The lowest BCUT2D eigenvalue weighted by atomic mass is 9.95. The Morgan fingerprint density at radius 3 is 2.45 bits per heavy atom. The summed E-state index contributed by atoms with van der Waals surface area (Å²) in [6, 6.07) is 12.0. The molecule has 0 bridgehead atoms. The summed E-state index contributed by atoms with van der Waals surface area (Å²) in [4.78, 5) is 14.9. The third kappa shape index (κ3) is 4.06. The van der Waals surface area contributed by atoms with Crippen LogP contribution in [0, 0.1) is 5.92 Å². The van der Waals surface area contributed by atoms with Crippen LogP contribution in [-0.4, -0.2) is 52.0 Å². The lowest BCUT2D eigenvalue weighted by Crippen LogP contribution is -2.43. The molecule has 3 heterocycles. The number of aromatic nitrogens is 4. The van der Waals surface area contributed by atoms with Crippen molar-refractivity contribution in [3.8, 4) is 17.1 Å². The highest BCUT2D eigenvalue weighted by molar-refractivity contribution is 5.79. The fraction of sp³-hybridized carbons (Fsp3) is 0.478. The number of benzene rings is 1. The fourth-order valence-corrected chi connectivity index (χ4v) is 4.63. The van der Waals surface area contributed by atoms with Gasteiger partial charge in [-0.15, -0.1) is 15.3 Å². The molecule has 2 aliphatic rings. The first-order valence-electron chi connectivity index (χ1n) is 11.1. The number of rotatable bonds is 5. The van der Waals surface area contributed by atoms with E-state index in [4.69, 9.17) is 9.84 Å². The molecule has 0 atom stereocenters. The summed E-state index contributed by atoms with van der Waals surface area (Å²) in [5.74, 6) is 2.72. The van der Waals surface area contributed by atoms with Crippen LogP contribution < -0.4 is 15.0 Å². The Morgan fingerprint density at radius 2 is 1.74 bits per heavy atom. The number of methoxy groups -OCH3 is 1. The van der Waals surface area contributed by atoms with Crippen molar-refractivity contribution in [2.75, 3.05) is 25.1 Å². The minimum absolute atomic E-state index is 0.102. The van der Waals surface area contributed by atoms with Gasteiger partial charge in [0.1, 0.15) is 11.6 Å². The third-order valence-electron chi connectivity index (χ3n) is 6.49. The predicted octanol–water partition coefficient (Wildman–Crippen LogP) is 3.08. The van der Waals surface area contributed by atoms with Crippen LogP contribution in [0.5, 0.6) is 5.75 Å². The number of nitrogens with zero attached hydrogens (tertiary/aromatic N) is 5. The van der Waals surface area contributed by atoms with Gasteiger partial charge in [-0.25, -0.2) is 0 Å². The summed E-state index contributed by atoms with van der Waals surface area (Å²) >= 11 is 0. The Bertz CT molecular complexity index is 1050. The van der Waals surface area contributed by atoms with Crippen LogP contribution in [0.1, 0.15) is 38.5 Å². The van der Waals surface area contributed by atoms with E-state index in [9.17, 15) is 4.79 Å². The van der Waals surface area contributed by atoms with Gasteiger partial charge in [0.05, 0.1) is 7.11 Å². The molecule has 0 unspecified atom stereocenters. The van der Waals surface area contributed by atoms with E-state index in [2.05, 4.69) is 20.4 Å². The number of piperidine rings is 1. The van der Waals surface area contributed by atoms with Gasteiger partial charge in [-0.05, 0) is 62.1 Å². The molecule has 1 aliphatic carbocycles. The molecule has 1 amide bonds. The van der Waals surface area contributed by atoms with E-state index >= 15 is 0 Å². The minimum Gasteiger partial charge on any atom is -0.497 e. The van der Waals surface area contributed by atoms with Crippen LogP contribution in [-0.2, 0) is 4.79 Å². The van der Waals surface area contributed by atoms with Crippen molar-refractivity contribution in [1.82, 2.24) is 25.1 Å². The van der Waals surface area contributed by atoms with Gasteiger partial charge in [0, 0.05) is 30.6 Å². The lowest BCUT2D eigenvalue weighted by molar-refractivity contribution is -0.126. The maximum atomic E-state index is 12.6. The molecule has 31 heavy (non-hydrogen) atoms. The molecule has 1 aliphatic heterocycles. The summed E-state index contributed by atoms with van der Waals surface area (Å²) in [6.07, 6.45) is 6.43. The Labute approximate surface area is 181 Å². The van der Waals surface area contributed by atoms with E-state index in [1.165, 1.54) is 12.8 Å². The zero-order valence-electron chi connectivity index (χ0n) is 17.8. The van der Waals surface area contributed by atoms with E-state index in [-0.39, 0.29) is 11.8 Å². The van der Waals surface area contributed by atoms with Gasteiger partial charge in [-0.2, -0.15) is 4.52 Å². The maximum absolute atomic E-state index is 12.6. The second kappa shape index (κ2) is 8.53. The number of fused-ring (bicyclic) bond motifs is 1. The molecule has 8 heteroatoms. The Hall–Kier alpha value is -3.16. The predicted molar refractivity (Wildman–Crippen MR) is 118 cm³/mol. The van der Waals surface area contributed by atoms with Crippen molar-refractivity contribution in [2.24, 2.45) is 5.92 Å². The zero-order chi connectivity index (χ0) is 21.2. The summed E-state index contributed by atoms with van der Waals surface area (Å²) in [6.45, 7) is 1.64. The summed E-state index contributed by atoms with van der Waals surface area (Å²) in [5, 5.41) is 16.7. The lowest BCUT2D eigenvalue weighted by Gasteiger charge is -2.32. The van der Waals surface area contributed by atoms with Gasteiger partial charge in [0.25, 0.3) is 0 Å². The van der Waals surface area contributed by atoms with E-state index in [1.807, 2.05) is 36.4 Å². The highest BCUT2D eigenvalue weighted by Gasteiger charge is 2.28. The number of carbonyl (C=O) groups is 1. The summed E-state index contributed by atoms with van der Waals surface area (Å²) in [7, 11) is 1.65. The number of amides is 1. The van der Waals surface area contributed by atoms with Gasteiger partial charge in [0.15, 0.2) is 11.5 Å². The number of nitrogens with one attached hydrogen (secondary N) is 1. The standard InChI is InChI=1S/C23H28N6O2/c1-31-19-8-6-16(7-9-19)22-26-25-20-10-11-21(27-29(20)22)28-14-12-17(13-15-28)23(30)24-18-4-2-3-5-18/h6-11,17-18H,2-5,12-15H2,1H3,(H,24,30). The first-order chi connectivity index (χ1) is 15.2. The Morgan fingerprint density at radius 1 is 1.00 bits per heavy atom. The van der Waals surface area contributed by atoms with Crippen LogP contribution in [0.15, 0.2) is 36.4 Å². The molecule has 5 rings (SSSR count). The van der Waals surface area contributed by atoms with Gasteiger partial charge >= 0.3 is 0 Å². The van der Waals surface area contributed by atoms with E-state index in [0.29, 0.717) is 17.5 Å². The summed E-state index contributed by atoms with van der Waals surface area (Å²) < 4.78 is 7.03. The van der Waals surface area contributed by atoms with E-state index < -0.39 is 0 Å². The molecule has 1 N–H and O–H groups in total. The van der Waals surface area contributed by atoms with Gasteiger partial charge in [-0.1, -0.05) is 12.8 Å². The third-order valence-corrected chi connectivity index (χ3v) is 6.49. The van der Waals surface area contributed by atoms with Crippen molar-refractivity contribution in [3.05, 3.63) is 36.4 Å². The number of carbonyl (C=O) groups excluding carboxylic acids is 1. The van der Waals surface area contributed by atoms with Crippen molar-refractivity contribution in [1.29, 1.82) is 0 Å². The molecule has 2 aromatic heterocycles. The van der Waals surface area contributed by atoms with E-state index in [1.54, 1.807) is 11.6 Å². The van der Waals surface area contributed by atoms with Crippen LogP contribution in [0.25, 0.3) is 17.0 Å². The quantitative estimate of drug-likeness (QED) is 0.683. The van der Waals surface area contributed by atoms with Gasteiger partial charge in [0.2, 0.25) is 5.91 Å². The molecule has 162 valence electrons. The molecule has 1 saturated heterocycles. The van der Waals surface area contributed by atoms with Gasteiger partial charge in [-0.3, -0.25) is 4.79 Å². The molecular weight excluding hydrogens is 392 g/mol. The van der Waals surface area contributed by atoms with Crippen LogP contribution in [0.2, 0.25) is 0 Å². The topological polar surface area (TPSA) is 84.7 Å². The first kappa shape index (κ1) is 19.8. The van der Waals surface area contributed by atoms with Crippen molar-refractivity contribution in [3.63, 3.8) is 0 Å². The molecule has 1 aromatic carbocycles. The van der Waals surface area contributed by atoms with Crippen molar-refractivity contribution < 1.29 is 9.53 Å². The van der Waals surface area contributed by atoms with Crippen LogP contribution >= 0.6 is 0 Å². The van der Waals surface area contributed by atoms with Crippen LogP contribution in [0.3, 0.4) is 0 Å². The normalized spacial score (nSPS) is 17.9. The molecule has 0 spiro atoms. The molecule has 3 aromatic rings. The second-order valence-corrected chi connectivity index (χ2v) is 8.46. The van der Waals surface area contributed by atoms with Crippen molar-refractivity contribution >= 4 is 17.4 Å². The SMILES string of the molecule is COc1ccc(-c2nnc3ccc(N4CCC(C(=O)NC5CCCC5)CC4)nn23)cc1. The largest absolute Gasteiger partial charge is 0.497 e. The van der Waals surface area contributed by atoms with Crippen molar-refractivity contribution in [2.45, 2.75) is 44.6 Å². The Balaban J connectivity index is 1.29.